The quantitative estimate of drug-likeness (QED) is 0.613. The molecule has 25 heavy (non-hydrogen) atoms. The summed E-state index contributed by atoms with van der Waals surface area (Å²) in [4.78, 5) is 0. The molecule has 5 atom stereocenters. The number of methoxy groups -OCH3 is 1. The Morgan fingerprint density at radius 3 is 2.44 bits per heavy atom. The molecular formula is C24H36O. The van der Waals surface area contributed by atoms with Crippen molar-refractivity contribution in [1.29, 1.82) is 0 Å². The van der Waals surface area contributed by atoms with Gasteiger partial charge in [0, 0.05) is 0 Å². The molecule has 1 aromatic rings. The van der Waals surface area contributed by atoms with Crippen LogP contribution in [0.4, 0.5) is 0 Å². The van der Waals surface area contributed by atoms with Crippen molar-refractivity contribution in [2.24, 2.45) is 29.6 Å². The van der Waals surface area contributed by atoms with Crippen molar-refractivity contribution in [3.8, 4) is 5.75 Å². The third-order valence-electron chi connectivity index (χ3n) is 7.81. The largest absolute Gasteiger partial charge is 0.497 e. The first-order valence-corrected chi connectivity index (χ1v) is 10.9. The highest BCUT2D eigenvalue weighted by Crippen LogP contribution is 2.49. The molecule has 138 valence electrons. The minimum Gasteiger partial charge on any atom is -0.497 e. The summed E-state index contributed by atoms with van der Waals surface area (Å²) in [6.07, 6.45) is 16.0. The summed E-state index contributed by atoms with van der Waals surface area (Å²) in [5.41, 5.74) is 3.15. The van der Waals surface area contributed by atoms with E-state index in [1.165, 1.54) is 57.8 Å². The van der Waals surface area contributed by atoms with E-state index in [0.29, 0.717) is 0 Å². The average Bonchev–Trinajstić information content (AvgIpc) is 2.67. The van der Waals surface area contributed by atoms with Crippen molar-refractivity contribution in [1.82, 2.24) is 0 Å². The molecule has 0 radical (unpaired) electrons. The number of benzene rings is 1. The summed E-state index contributed by atoms with van der Waals surface area (Å²) >= 11 is 0. The lowest BCUT2D eigenvalue weighted by Crippen LogP contribution is -2.35. The normalized spacial score (nSPS) is 34.9. The lowest BCUT2D eigenvalue weighted by molar-refractivity contribution is 0.0695. The van der Waals surface area contributed by atoms with Gasteiger partial charge in [0.05, 0.1) is 7.11 Å². The predicted octanol–water partition coefficient (Wildman–Crippen LogP) is 6.43. The third kappa shape index (κ3) is 3.76. The molecular weight excluding hydrogens is 304 g/mol. The van der Waals surface area contributed by atoms with Crippen molar-refractivity contribution < 1.29 is 4.74 Å². The second-order valence-electron chi connectivity index (χ2n) is 9.20. The fourth-order valence-corrected chi connectivity index (χ4v) is 6.41. The number of rotatable bonds is 4. The maximum Gasteiger partial charge on any atom is 0.119 e. The molecule has 4 rings (SSSR count). The van der Waals surface area contributed by atoms with E-state index in [0.717, 1.165) is 35.3 Å². The minimum atomic E-state index is 0.940. The third-order valence-corrected chi connectivity index (χ3v) is 7.81. The summed E-state index contributed by atoms with van der Waals surface area (Å²) < 4.78 is 5.41. The van der Waals surface area contributed by atoms with Crippen molar-refractivity contribution in [3.63, 3.8) is 0 Å². The fourth-order valence-electron chi connectivity index (χ4n) is 6.41. The molecule has 1 nitrogen and oxygen atoms in total. The number of aryl methyl sites for hydroxylation is 1. The number of ether oxygens (including phenoxy) is 1. The van der Waals surface area contributed by atoms with E-state index in [1.807, 2.05) is 0 Å². The summed E-state index contributed by atoms with van der Waals surface area (Å²) in [5.74, 6) is 6.15. The SMILES string of the molecule is CCCC1CCC2CC(C3CCc4cc(OC)ccc4C3)CCC2C1. The van der Waals surface area contributed by atoms with Gasteiger partial charge in [-0.1, -0.05) is 32.3 Å². The first-order chi connectivity index (χ1) is 12.3. The minimum absolute atomic E-state index is 0.940. The van der Waals surface area contributed by atoms with Crippen LogP contribution in [-0.4, -0.2) is 7.11 Å². The Kier molecular flexibility index (Phi) is 5.39. The first kappa shape index (κ1) is 17.4. The second-order valence-corrected chi connectivity index (χ2v) is 9.20. The highest BCUT2D eigenvalue weighted by Gasteiger charge is 2.38. The van der Waals surface area contributed by atoms with E-state index >= 15 is 0 Å². The molecule has 2 fully saturated rings. The molecule has 0 spiro atoms. The Hall–Kier alpha value is -0.980. The molecule has 3 aliphatic rings. The van der Waals surface area contributed by atoms with Crippen molar-refractivity contribution >= 4 is 0 Å². The lowest BCUT2D eigenvalue weighted by atomic mass is 9.61. The lowest BCUT2D eigenvalue weighted by Gasteiger charge is -2.45. The highest BCUT2D eigenvalue weighted by molar-refractivity contribution is 5.37. The molecule has 0 aromatic heterocycles. The summed E-state index contributed by atoms with van der Waals surface area (Å²) in [7, 11) is 1.78. The number of fused-ring (bicyclic) bond motifs is 2. The fraction of sp³-hybridized carbons (Fsp3) is 0.750. The van der Waals surface area contributed by atoms with Gasteiger partial charge in [-0.05, 0) is 104 Å². The molecule has 0 amide bonds. The van der Waals surface area contributed by atoms with Crippen LogP contribution < -0.4 is 4.74 Å². The van der Waals surface area contributed by atoms with Crippen LogP contribution in [0.5, 0.6) is 5.75 Å². The second kappa shape index (κ2) is 7.72. The van der Waals surface area contributed by atoms with Gasteiger partial charge in [-0.3, -0.25) is 0 Å². The number of hydrogen-bond acceptors (Lipinski definition) is 1. The van der Waals surface area contributed by atoms with Gasteiger partial charge in [-0.2, -0.15) is 0 Å². The summed E-state index contributed by atoms with van der Waals surface area (Å²) in [5, 5.41) is 0. The molecule has 0 saturated heterocycles. The van der Waals surface area contributed by atoms with E-state index in [4.69, 9.17) is 4.74 Å². The Bertz CT molecular complexity index is 577. The van der Waals surface area contributed by atoms with Crippen LogP contribution in [-0.2, 0) is 12.8 Å². The molecule has 1 heteroatoms. The standard InChI is InChI=1S/C24H36O/c1-3-4-17-5-6-19-14-20(8-7-18(19)13-17)21-9-10-23-16-24(25-2)12-11-22(23)15-21/h11-12,16-21H,3-10,13-15H2,1-2H3. The topological polar surface area (TPSA) is 9.23 Å². The van der Waals surface area contributed by atoms with Gasteiger partial charge in [-0.25, -0.2) is 0 Å². The maximum atomic E-state index is 5.41. The van der Waals surface area contributed by atoms with E-state index in [2.05, 4.69) is 25.1 Å². The number of hydrogen-bond donors (Lipinski definition) is 0. The van der Waals surface area contributed by atoms with Crippen LogP contribution in [0.3, 0.4) is 0 Å². The molecule has 3 aliphatic carbocycles. The van der Waals surface area contributed by atoms with Crippen LogP contribution >= 0.6 is 0 Å². The van der Waals surface area contributed by atoms with Gasteiger partial charge in [0.2, 0.25) is 0 Å². The maximum absolute atomic E-state index is 5.41. The zero-order chi connectivity index (χ0) is 17.2. The average molecular weight is 341 g/mol. The Morgan fingerprint density at radius 1 is 0.880 bits per heavy atom. The molecule has 0 N–H and O–H groups in total. The molecule has 2 saturated carbocycles. The van der Waals surface area contributed by atoms with Crippen LogP contribution in [0.15, 0.2) is 18.2 Å². The first-order valence-electron chi connectivity index (χ1n) is 10.9. The highest BCUT2D eigenvalue weighted by atomic mass is 16.5. The summed E-state index contributed by atoms with van der Waals surface area (Å²) in [6, 6.07) is 6.77. The zero-order valence-electron chi connectivity index (χ0n) is 16.3. The molecule has 1 aromatic carbocycles. The molecule has 0 bridgehead atoms. The van der Waals surface area contributed by atoms with Gasteiger partial charge in [0.15, 0.2) is 0 Å². The van der Waals surface area contributed by atoms with Gasteiger partial charge in [-0.15, -0.1) is 0 Å². The molecule has 0 aliphatic heterocycles. The van der Waals surface area contributed by atoms with Crippen LogP contribution in [0.1, 0.15) is 75.8 Å². The Morgan fingerprint density at radius 2 is 1.64 bits per heavy atom. The van der Waals surface area contributed by atoms with E-state index < -0.39 is 0 Å². The van der Waals surface area contributed by atoms with Gasteiger partial charge < -0.3 is 4.74 Å². The summed E-state index contributed by atoms with van der Waals surface area (Å²) in [6.45, 7) is 2.36. The van der Waals surface area contributed by atoms with Crippen LogP contribution in [0.25, 0.3) is 0 Å². The van der Waals surface area contributed by atoms with Gasteiger partial charge in [0.1, 0.15) is 5.75 Å². The predicted molar refractivity (Wildman–Crippen MR) is 105 cm³/mol. The monoisotopic (exact) mass is 340 g/mol. The van der Waals surface area contributed by atoms with Gasteiger partial charge in [0.25, 0.3) is 0 Å². The van der Waals surface area contributed by atoms with Crippen molar-refractivity contribution in [2.75, 3.05) is 7.11 Å². The molecule has 5 unspecified atom stereocenters. The van der Waals surface area contributed by atoms with Gasteiger partial charge >= 0.3 is 0 Å². The van der Waals surface area contributed by atoms with Crippen molar-refractivity contribution in [2.45, 2.75) is 77.6 Å². The Labute approximate surface area is 154 Å². The van der Waals surface area contributed by atoms with E-state index in [-0.39, 0.29) is 0 Å². The smallest absolute Gasteiger partial charge is 0.119 e. The van der Waals surface area contributed by atoms with E-state index in [1.54, 1.807) is 31.1 Å². The van der Waals surface area contributed by atoms with Crippen molar-refractivity contribution in [3.05, 3.63) is 29.3 Å². The molecule has 0 heterocycles. The zero-order valence-corrected chi connectivity index (χ0v) is 16.3. The van der Waals surface area contributed by atoms with Crippen LogP contribution in [0.2, 0.25) is 0 Å². The Balaban J connectivity index is 1.36. The van der Waals surface area contributed by atoms with Crippen LogP contribution in [0, 0.1) is 29.6 Å². The van der Waals surface area contributed by atoms with E-state index in [9.17, 15) is 0 Å².